The Bertz CT molecular complexity index is 750. The summed E-state index contributed by atoms with van der Waals surface area (Å²) in [5.41, 5.74) is -1.16. The van der Waals surface area contributed by atoms with E-state index in [0.717, 1.165) is 0 Å². The summed E-state index contributed by atoms with van der Waals surface area (Å²) in [6.07, 6.45) is -0.144. The fourth-order valence-electron chi connectivity index (χ4n) is 2.37. The van der Waals surface area contributed by atoms with E-state index in [1.165, 1.54) is 12.1 Å². The number of anilines is 1. The van der Waals surface area contributed by atoms with Crippen molar-refractivity contribution in [3.05, 3.63) is 29.6 Å². The minimum Gasteiger partial charge on any atom is -0.460 e. The number of nitrogens with one attached hydrogen (secondary N) is 2. The van der Waals surface area contributed by atoms with E-state index < -0.39 is 40.9 Å². The van der Waals surface area contributed by atoms with Gasteiger partial charge in [0.25, 0.3) is 5.91 Å². The van der Waals surface area contributed by atoms with Crippen LogP contribution in [0.15, 0.2) is 18.2 Å². The molecule has 0 spiro atoms. The molecule has 0 aliphatic heterocycles. The molecule has 1 aromatic rings. The van der Waals surface area contributed by atoms with Crippen molar-refractivity contribution in [3.63, 3.8) is 0 Å². The minimum atomic E-state index is -1.13. The maximum Gasteiger partial charge on any atom is 0.329 e. The molecule has 1 rings (SSSR count). The number of benzene rings is 1. The largest absolute Gasteiger partial charge is 0.460 e. The molecule has 1 aromatic carbocycles. The molecule has 1 atom stereocenters. The third kappa shape index (κ3) is 8.93. The molecule has 0 aromatic heterocycles. The Hall–Kier alpha value is -2.64. The molecule has 0 aliphatic carbocycles. The lowest BCUT2D eigenvalue weighted by Crippen LogP contribution is -2.44. The molecule has 0 bridgehead atoms. The number of halogens is 1. The first-order valence-electron chi connectivity index (χ1n) is 9.45. The van der Waals surface area contributed by atoms with Crippen molar-refractivity contribution in [2.24, 2.45) is 0 Å². The first-order valence-corrected chi connectivity index (χ1v) is 9.45. The third-order valence-corrected chi connectivity index (χ3v) is 3.56. The number of ether oxygens (including phenoxy) is 2. The molecular weight excluding hydrogens is 379 g/mol. The molecule has 0 unspecified atom stereocenters. The highest BCUT2D eigenvalue weighted by atomic mass is 19.1. The summed E-state index contributed by atoms with van der Waals surface area (Å²) in [4.78, 5) is 37.0. The predicted octanol–water partition coefficient (Wildman–Crippen LogP) is 3.43. The number of hydrogen-bond acceptors (Lipinski definition) is 6. The van der Waals surface area contributed by atoms with Gasteiger partial charge in [0, 0.05) is 19.2 Å². The summed E-state index contributed by atoms with van der Waals surface area (Å²) in [6, 6.07) is 2.91. The van der Waals surface area contributed by atoms with E-state index in [1.807, 2.05) is 0 Å². The number of carbonyl (C=O) groups is 3. The Morgan fingerprint density at radius 1 is 1.03 bits per heavy atom. The summed E-state index contributed by atoms with van der Waals surface area (Å²) in [5.74, 6) is -2.72. The van der Waals surface area contributed by atoms with Gasteiger partial charge in [0.1, 0.15) is 23.1 Å². The van der Waals surface area contributed by atoms with E-state index in [2.05, 4.69) is 10.6 Å². The van der Waals surface area contributed by atoms with Gasteiger partial charge in [-0.2, -0.15) is 0 Å². The lowest BCUT2D eigenvalue weighted by Gasteiger charge is -2.25. The molecule has 7 nitrogen and oxygen atoms in total. The van der Waals surface area contributed by atoms with E-state index in [0.29, 0.717) is 5.69 Å². The normalized spacial score (nSPS) is 12.7. The van der Waals surface area contributed by atoms with Crippen molar-refractivity contribution >= 4 is 23.5 Å². The van der Waals surface area contributed by atoms with Crippen molar-refractivity contribution < 1.29 is 28.2 Å². The smallest absolute Gasteiger partial charge is 0.329 e. The van der Waals surface area contributed by atoms with Crippen molar-refractivity contribution in [2.45, 2.75) is 71.6 Å². The highest BCUT2D eigenvalue weighted by Crippen LogP contribution is 2.17. The Kier molecular flexibility index (Phi) is 8.17. The zero-order chi connectivity index (χ0) is 22.4. The van der Waals surface area contributed by atoms with Crippen LogP contribution in [0.25, 0.3) is 0 Å². The lowest BCUT2D eigenvalue weighted by atomic mass is 10.1. The van der Waals surface area contributed by atoms with Crippen LogP contribution in [0.3, 0.4) is 0 Å². The second-order valence-electron chi connectivity index (χ2n) is 8.63. The van der Waals surface area contributed by atoms with Crippen LogP contribution in [-0.4, -0.2) is 42.1 Å². The zero-order valence-electron chi connectivity index (χ0n) is 18.1. The van der Waals surface area contributed by atoms with Crippen LogP contribution in [0.2, 0.25) is 0 Å². The quantitative estimate of drug-likeness (QED) is 0.669. The Morgan fingerprint density at radius 2 is 1.62 bits per heavy atom. The van der Waals surface area contributed by atoms with Crippen LogP contribution in [0.1, 0.15) is 64.7 Å². The number of carbonyl (C=O) groups excluding carboxylic acids is 3. The van der Waals surface area contributed by atoms with E-state index >= 15 is 0 Å². The molecule has 0 aliphatic rings. The molecule has 0 radical (unpaired) electrons. The summed E-state index contributed by atoms with van der Waals surface area (Å²) in [6.45, 7) is 10.3. The molecule has 0 heterocycles. The molecule has 8 heteroatoms. The number of esters is 2. The minimum absolute atomic E-state index is 0.0359. The van der Waals surface area contributed by atoms with E-state index in [-0.39, 0.29) is 18.4 Å². The van der Waals surface area contributed by atoms with Crippen molar-refractivity contribution in [1.29, 1.82) is 0 Å². The van der Waals surface area contributed by atoms with Gasteiger partial charge in [-0.15, -0.1) is 0 Å². The zero-order valence-corrected chi connectivity index (χ0v) is 18.1. The van der Waals surface area contributed by atoms with E-state index in [9.17, 15) is 18.8 Å². The average Bonchev–Trinajstić information content (AvgIpc) is 2.54. The summed E-state index contributed by atoms with van der Waals surface area (Å²) in [7, 11) is 1.63. The van der Waals surface area contributed by atoms with Gasteiger partial charge in [-0.25, -0.2) is 9.18 Å². The SMILES string of the molecule is CNc1ccc(C(=O)N[C@H](CCC(=O)OC(C)(C)C)C(=O)OC(C)(C)C)c(F)c1. The molecule has 0 saturated carbocycles. The Labute approximate surface area is 171 Å². The van der Waals surface area contributed by atoms with Crippen LogP contribution in [-0.2, 0) is 19.1 Å². The Balaban J connectivity index is 2.94. The lowest BCUT2D eigenvalue weighted by molar-refractivity contribution is -0.158. The van der Waals surface area contributed by atoms with Gasteiger partial charge < -0.3 is 20.1 Å². The molecule has 0 fully saturated rings. The molecule has 29 heavy (non-hydrogen) atoms. The monoisotopic (exact) mass is 410 g/mol. The topological polar surface area (TPSA) is 93.7 Å². The van der Waals surface area contributed by atoms with Gasteiger partial charge in [-0.1, -0.05) is 0 Å². The molecule has 1 amide bonds. The average molecular weight is 410 g/mol. The highest BCUT2D eigenvalue weighted by Gasteiger charge is 2.29. The van der Waals surface area contributed by atoms with Gasteiger partial charge >= 0.3 is 11.9 Å². The number of hydrogen-bond donors (Lipinski definition) is 2. The van der Waals surface area contributed by atoms with E-state index in [1.54, 1.807) is 54.7 Å². The fraction of sp³-hybridized carbons (Fsp3) is 0.571. The standard InChI is InChI=1S/C21H31FN2O5/c1-20(2,3)28-17(25)11-10-16(19(27)29-21(4,5)6)24-18(26)14-9-8-13(23-7)12-15(14)22/h8-9,12,16,23H,10-11H2,1-7H3,(H,24,26)/t16-/m1/s1. The van der Waals surface area contributed by atoms with Gasteiger partial charge in [0.05, 0.1) is 5.56 Å². The third-order valence-electron chi connectivity index (χ3n) is 3.56. The maximum atomic E-state index is 14.2. The Morgan fingerprint density at radius 3 is 2.10 bits per heavy atom. The molecule has 2 N–H and O–H groups in total. The van der Waals surface area contributed by atoms with Gasteiger partial charge in [-0.3, -0.25) is 9.59 Å². The van der Waals surface area contributed by atoms with Crippen molar-refractivity contribution in [2.75, 3.05) is 12.4 Å². The number of rotatable bonds is 7. The van der Waals surface area contributed by atoms with Gasteiger partial charge in [0.15, 0.2) is 0 Å². The fourth-order valence-corrected chi connectivity index (χ4v) is 2.37. The number of amides is 1. The van der Waals surface area contributed by atoms with E-state index in [4.69, 9.17) is 9.47 Å². The van der Waals surface area contributed by atoms with Gasteiger partial charge in [0.2, 0.25) is 0 Å². The highest BCUT2D eigenvalue weighted by molar-refractivity contribution is 5.97. The second kappa shape index (κ2) is 9.71. The predicted molar refractivity (Wildman–Crippen MR) is 108 cm³/mol. The van der Waals surface area contributed by atoms with Crippen LogP contribution in [0.4, 0.5) is 10.1 Å². The summed E-state index contributed by atoms with van der Waals surface area (Å²) >= 11 is 0. The summed E-state index contributed by atoms with van der Waals surface area (Å²) < 4.78 is 24.8. The molecular formula is C21H31FN2O5. The van der Waals surface area contributed by atoms with Crippen LogP contribution in [0, 0.1) is 5.82 Å². The van der Waals surface area contributed by atoms with Crippen LogP contribution in [0.5, 0.6) is 0 Å². The van der Waals surface area contributed by atoms with Crippen LogP contribution >= 0.6 is 0 Å². The molecule has 0 saturated heterocycles. The van der Waals surface area contributed by atoms with Crippen molar-refractivity contribution in [1.82, 2.24) is 5.32 Å². The second-order valence-corrected chi connectivity index (χ2v) is 8.63. The van der Waals surface area contributed by atoms with Crippen molar-refractivity contribution in [3.8, 4) is 0 Å². The van der Waals surface area contributed by atoms with Crippen LogP contribution < -0.4 is 10.6 Å². The first-order chi connectivity index (χ1) is 13.2. The first kappa shape index (κ1) is 24.4. The maximum absolute atomic E-state index is 14.2. The van der Waals surface area contributed by atoms with Gasteiger partial charge in [-0.05, 0) is 66.2 Å². The summed E-state index contributed by atoms with van der Waals surface area (Å²) in [5, 5.41) is 5.24. The molecule has 162 valence electrons.